The van der Waals surface area contributed by atoms with Crippen LogP contribution >= 0.6 is 0 Å². The van der Waals surface area contributed by atoms with Gasteiger partial charge in [-0.25, -0.2) is 45.9 Å². The van der Waals surface area contributed by atoms with Crippen molar-refractivity contribution in [2.75, 3.05) is 36.5 Å². The van der Waals surface area contributed by atoms with E-state index < -0.39 is 49.4 Å². The molecule has 45 heavy (non-hydrogen) atoms. The Balaban J connectivity index is 0.000000854. The number of methoxy groups -OCH3 is 1. The minimum Gasteiger partial charge on any atom is -0.494 e. The van der Waals surface area contributed by atoms with Crippen LogP contribution in [0.4, 0.5) is 35.0 Å². The monoisotopic (exact) mass is 645 g/mol. The van der Waals surface area contributed by atoms with Gasteiger partial charge in [-0.05, 0) is 55.8 Å². The maximum Gasteiger partial charge on any atom is 0.267 e. The number of anilines is 3. The molecule has 0 saturated heterocycles. The molecular weight excluding hydrogens is 618 g/mol. The van der Waals surface area contributed by atoms with Crippen LogP contribution in [-0.2, 0) is 14.8 Å². The fourth-order valence-electron chi connectivity index (χ4n) is 4.14. The fourth-order valence-corrected chi connectivity index (χ4v) is 5.34. The highest BCUT2D eigenvalue weighted by molar-refractivity contribution is 7.92. The number of fused-ring (bicyclic) bond motifs is 1. The summed E-state index contributed by atoms with van der Waals surface area (Å²) in [6.07, 6.45) is 2.77. The zero-order valence-electron chi connectivity index (χ0n) is 24.1. The SMILES string of the molecule is CCOCC.COc1cc(-c2c(F)ccc(NS(=O)(=O)c3c(F)cccc3F)c2F)cc2c(N)nc(-c3cnc(N)nc3)nc12. The third kappa shape index (κ3) is 7.02. The number of benzene rings is 3. The Hall–Kier alpha value is -5.09. The molecule has 0 unspecified atom stereocenters. The second-order valence-corrected chi connectivity index (χ2v) is 10.7. The summed E-state index contributed by atoms with van der Waals surface area (Å²) < 4.78 is 96.3. The summed E-state index contributed by atoms with van der Waals surface area (Å²) in [4.78, 5) is 15.1. The number of halogens is 4. The molecule has 236 valence electrons. The molecule has 0 aliphatic heterocycles. The minimum absolute atomic E-state index is 0.0346. The molecule has 0 atom stereocenters. The molecule has 2 aromatic heterocycles. The van der Waals surface area contributed by atoms with Crippen molar-refractivity contribution in [3.63, 3.8) is 0 Å². The van der Waals surface area contributed by atoms with Gasteiger partial charge in [-0.2, -0.15) is 0 Å². The molecule has 0 aliphatic carbocycles. The average molecular weight is 646 g/mol. The van der Waals surface area contributed by atoms with Gasteiger partial charge in [0.15, 0.2) is 16.5 Å². The molecule has 0 saturated carbocycles. The predicted octanol–water partition coefficient (Wildman–Crippen LogP) is 5.33. The molecule has 16 heteroatoms. The molecule has 0 aliphatic rings. The van der Waals surface area contributed by atoms with Crippen LogP contribution in [0, 0.1) is 23.3 Å². The number of aromatic nitrogens is 4. The molecule has 5 N–H and O–H groups in total. The zero-order valence-corrected chi connectivity index (χ0v) is 24.9. The second-order valence-electron chi connectivity index (χ2n) is 9.06. The summed E-state index contributed by atoms with van der Waals surface area (Å²) in [6, 6.07) is 6.53. The van der Waals surface area contributed by atoms with E-state index in [0.717, 1.165) is 43.5 Å². The summed E-state index contributed by atoms with van der Waals surface area (Å²) in [7, 11) is -3.65. The van der Waals surface area contributed by atoms with Crippen molar-refractivity contribution in [1.82, 2.24) is 19.9 Å². The van der Waals surface area contributed by atoms with Crippen LogP contribution in [0.5, 0.6) is 5.75 Å². The van der Waals surface area contributed by atoms with E-state index in [1.807, 2.05) is 13.8 Å². The van der Waals surface area contributed by atoms with Gasteiger partial charge in [0.05, 0.1) is 23.9 Å². The van der Waals surface area contributed by atoms with Gasteiger partial charge in [0.1, 0.15) is 34.5 Å². The topological polar surface area (TPSA) is 168 Å². The van der Waals surface area contributed by atoms with E-state index in [2.05, 4.69) is 19.9 Å². The van der Waals surface area contributed by atoms with Gasteiger partial charge in [-0.1, -0.05) is 6.07 Å². The van der Waals surface area contributed by atoms with Crippen molar-refractivity contribution in [2.24, 2.45) is 0 Å². The third-order valence-corrected chi connectivity index (χ3v) is 7.58. The lowest BCUT2D eigenvalue weighted by Crippen LogP contribution is -2.17. The van der Waals surface area contributed by atoms with E-state index in [-0.39, 0.29) is 39.8 Å². The normalized spacial score (nSPS) is 11.2. The molecule has 0 fully saturated rings. The van der Waals surface area contributed by atoms with Gasteiger partial charge in [0, 0.05) is 31.0 Å². The van der Waals surface area contributed by atoms with Gasteiger partial charge in [0.2, 0.25) is 5.95 Å². The second kappa shape index (κ2) is 13.7. The highest BCUT2D eigenvalue weighted by Gasteiger charge is 2.27. The van der Waals surface area contributed by atoms with Crippen molar-refractivity contribution in [2.45, 2.75) is 18.7 Å². The summed E-state index contributed by atoms with van der Waals surface area (Å²) in [5, 5.41) is 0.160. The highest BCUT2D eigenvalue weighted by atomic mass is 32.2. The Bertz CT molecular complexity index is 1940. The van der Waals surface area contributed by atoms with Gasteiger partial charge >= 0.3 is 0 Å². The van der Waals surface area contributed by atoms with Crippen LogP contribution in [0.3, 0.4) is 0 Å². The van der Waals surface area contributed by atoms with Crippen LogP contribution in [0.1, 0.15) is 13.8 Å². The van der Waals surface area contributed by atoms with Crippen molar-refractivity contribution in [1.29, 1.82) is 0 Å². The number of nitrogen functional groups attached to an aromatic ring is 2. The van der Waals surface area contributed by atoms with Crippen LogP contribution in [-0.4, -0.2) is 48.7 Å². The Morgan fingerprint density at radius 2 is 1.51 bits per heavy atom. The van der Waals surface area contributed by atoms with Crippen molar-refractivity contribution < 1.29 is 35.5 Å². The van der Waals surface area contributed by atoms with Crippen LogP contribution in [0.15, 0.2) is 59.8 Å². The van der Waals surface area contributed by atoms with Crippen molar-refractivity contribution >= 4 is 38.4 Å². The first-order valence-corrected chi connectivity index (χ1v) is 14.7. The Labute approximate surface area is 255 Å². The largest absolute Gasteiger partial charge is 0.494 e. The Kier molecular flexibility index (Phi) is 9.98. The van der Waals surface area contributed by atoms with Gasteiger partial charge in [-0.15, -0.1) is 0 Å². The first-order valence-electron chi connectivity index (χ1n) is 13.2. The lowest BCUT2D eigenvalue weighted by molar-refractivity contribution is 0.162. The van der Waals surface area contributed by atoms with Gasteiger partial charge < -0.3 is 20.9 Å². The maximum atomic E-state index is 15.6. The van der Waals surface area contributed by atoms with E-state index in [1.165, 1.54) is 31.6 Å². The molecule has 0 bridgehead atoms. The van der Waals surface area contributed by atoms with E-state index >= 15 is 4.39 Å². The number of sulfonamides is 1. The molecule has 11 nitrogen and oxygen atoms in total. The maximum absolute atomic E-state index is 15.6. The van der Waals surface area contributed by atoms with E-state index in [0.29, 0.717) is 5.56 Å². The summed E-state index contributed by atoms with van der Waals surface area (Å²) >= 11 is 0. The lowest BCUT2D eigenvalue weighted by atomic mass is 10.0. The molecule has 0 spiro atoms. The highest BCUT2D eigenvalue weighted by Crippen LogP contribution is 2.38. The molecule has 2 heterocycles. The summed E-state index contributed by atoms with van der Waals surface area (Å²) in [5.41, 5.74) is 10.7. The first kappa shape index (κ1) is 32.8. The van der Waals surface area contributed by atoms with Crippen LogP contribution in [0.2, 0.25) is 0 Å². The first-order chi connectivity index (χ1) is 21.4. The zero-order chi connectivity index (χ0) is 32.9. The van der Waals surface area contributed by atoms with Gasteiger partial charge in [-0.3, -0.25) is 4.72 Å². The quantitative estimate of drug-likeness (QED) is 0.188. The average Bonchev–Trinajstić information content (AvgIpc) is 2.99. The number of ether oxygens (including phenoxy) is 2. The number of nitrogens with zero attached hydrogens (tertiary/aromatic N) is 4. The third-order valence-electron chi connectivity index (χ3n) is 6.16. The van der Waals surface area contributed by atoms with Crippen LogP contribution in [0.25, 0.3) is 33.4 Å². The minimum atomic E-state index is -4.94. The Morgan fingerprint density at radius 3 is 2.09 bits per heavy atom. The van der Waals surface area contributed by atoms with Crippen molar-refractivity contribution in [3.05, 3.63) is 78.1 Å². The molecule has 5 aromatic rings. The smallest absolute Gasteiger partial charge is 0.267 e. The predicted molar refractivity (Wildman–Crippen MR) is 161 cm³/mol. The summed E-state index contributed by atoms with van der Waals surface area (Å²) in [6.45, 7) is 5.67. The molecular formula is C29H27F4N7O4S. The molecule has 0 radical (unpaired) electrons. The number of hydrogen-bond acceptors (Lipinski definition) is 10. The fraction of sp³-hybridized carbons (Fsp3) is 0.172. The number of hydrogen-bond donors (Lipinski definition) is 3. The van der Waals surface area contributed by atoms with Gasteiger partial charge in [0.25, 0.3) is 10.0 Å². The summed E-state index contributed by atoms with van der Waals surface area (Å²) in [5.74, 6) is -5.09. The number of rotatable bonds is 8. The van der Waals surface area contributed by atoms with E-state index in [9.17, 15) is 21.6 Å². The molecule has 3 aromatic carbocycles. The van der Waals surface area contributed by atoms with E-state index in [1.54, 1.807) is 4.72 Å². The number of nitrogens with two attached hydrogens (primary N) is 2. The Morgan fingerprint density at radius 1 is 0.867 bits per heavy atom. The van der Waals surface area contributed by atoms with Crippen LogP contribution < -0.4 is 20.9 Å². The van der Waals surface area contributed by atoms with E-state index in [4.69, 9.17) is 20.9 Å². The molecule has 5 rings (SSSR count). The van der Waals surface area contributed by atoms with Crippen molar-refractivity contribution in [3.8, 4) is 28.3 Å². The standard InChI is InChI=1S/C25H17F4N7O3S.C4H10O/c1-39-18-8-11(7-13-21(18)34-24(35-23(13)30)12-9-32-25(31)33-10-12)19-14(26)5-6-17(20(19)29)36-40(37,38)22-15(27)3-2-4-16(22)28;1-3-5-4-2/h2-10,36H,1H3,(H2,30,34,35)(H2,31,32,33);3-4H2,1-2H3. The lowest BCUT2D eigenvalue weighted by Gasteiger charge is -2.15. The number of nitrogens with one attached hydrogen (secondary N) is 1. The molecule has 0 amide bonds.